The maximum Gasteiger partial charge on any atom is 0.306 e. The largest absolute Gasteiger partial charge is 0.466 e. The summed E-state index contributed by atoms with van der Waals surface area (Å²) >= 11 is 1.93. The van der Waals surface area contributed by atoms with Crippen molar-refractivity contribution in [3.8, 4) is 0 Å². The van der Waals surface area contributed by atoms with Crippen molar-refractivity contribution in [3.05, 3.63) is 11.6 Å². The fraction of sp³-hybridized carbons (Fsp3) is 0.870. The van der Waals surface area contributed by atoms with E-state index < -0.39 is 0 Å². The van der Waals surface area contributed by atoms with Crippen LogP contribution in [0.4, 0.5) is 0 Å². The van der Waals surface area contributed by atoms with Gasteiger partial charge in [-0.1, -0.05) is 64.0 Å². The van der Waals surface area contributed by atoms with Crippen LogP contribution < -0.4 is 0 Å². The fourth-order valence-corrected chi connectivity index (χ4v) is 4.89. The lowest BCUT2D eigenvalue weighted by atomic mass is 9.82. The predicted octanol–water partition coefficient (Wildman–Crippen LogP) is 6.29. The van der Waals surface area contributed by atoms with E-state index in [1.807, 2.05) is 11.8 Å². The summed E-state index contributed by atoms with van der Waals surface area (Å²) in [5.41, 5.74) is 1.53. The van der Waals surface area contributed by atoms with Gasteiger partial charge in [0.15, 0.2) is 0 Å². The second-order valence-electron chi connectivity index (χ2n) is 8.50. The Hall–Kier alpha value is -0.480. The van der Waals surface area contributed by atoms with E-state index in [-0.39, 0.29) is 10.7 Å². The van der Waals surface area contributed by atoms with E-state index in [0.717, 1.165) is 31.4 Å². The van der Waals surface area contributed by atoms with Gasteiger partial charge in [0, 0.05) is 17.1 Å². The molecule has 0 bridgehead atoms. The molecule has 1 aliphatic rings. The van der Waals surface area contributed by atoms with Crippen molar-refractivity contribution in [2.75, 3.05) is 19.0 Å². The average Bonchev–Trinajstić information content (AvgIpc) is 2.63. The number of thioether (sulfide) groups is 1. The lowest BCUT2D eigenvalue weighted by Crippen LogP contribution is -2.29. The molecule has 0 aromatic carbocycles. The monoisotopic (exact) mass is 398 g/mol. The number of aliphatic hydroxyl groups is 1. The van der Waals surface area contributed by atoms with Gasteiger partial charge in [0.05, 0.1) is 13.0 Å². The molecule has 3 nitrogen and oxygen atoms in total. The molecule has 1 aliphatic carbocycles. The van der Waals surface area contributed by atoms with Crippen LogP contribution in [0.25, 0.3) is 0 Å². The summed E-state index contributed by atoms with van der Waals surface area (Å²) in [6, 6.07) is 0. The van der Waals surface area contributed by atoms with E-state index in [0.29, 0.717) is 25.6 Å². The van der Waals surface area contributed by atoms with Gasteiger partial charge in [0.1, 0.15) is 0 Å². The lowest BCUT2D eigenvalue weighted by Gasteiger charge is -2.35. The van der Waals surface area contributed by atoms with Crippen LogP contribution in [0.1, 0.15) is 97.8 Å². The smallest absolute Gasteiger partial charge is 0.306 e. The van der Waals surface area contributed by atoms with Gasteiger partial charge >= 0.3 is 5.97 Å². The molecule has 4 heteroatoms. The molecule has 0 radical (unpaired) electrons. The number of aliphatic hydroxyl groups excluding tert-OH is 1. The number of unbranched alkanes of at least 4 members (excludes halogenated alkanes) is 7. The Kier molecular flexibility index (Phi) is 13.2. The zero-order valence-electron chi connectivity index (χ0n) is 17.9. The van der Waals surface area contributed by atoms with Crippen LogP contribution in [0.2, 0.25) is 0 Å². The van der Waals surface area contributed by atoms with Crippen molar-refractivity contribution in [1.29, 1.82) is 0 Å². The molecule has 0 saturated carbocycles. The molecule has 158 valence electrons. The molecule has 1 rings (SSSR count). The lowest BCUT2D eigenvalue weighted by molar-refractivity contribution is -0.143. The Morgan fingerprint density at radius 1 is 1.15 bits per heavy atom. The molecule has 1 unspecified atom stereocenters. The summed E-state index contributed by atoms with van der Waals surface area (Å²) < 4.78 is 5.62. The van der Waals surface area contributed by atoms with E-state index in [2.05, 4.69) is 26.8 Å². The summed E-state index contributed by atoms with van der Waals surface area (Å²) in [6.07, 6.45) is 15.7. The van der Waals surface area contributed by atoms with Crippen molar-refractivity contribution in [2.24, 2.45) is 5.92 Å². The van der Waals surface area contributed by atoms with E-state index in [4.69, 9.17) is 9.84 Å². The molecule has 0 aliphatic heterocycles. The SMILES string of the molecule is CC1=CCC(C(C)(C)SCCC(=O)OCCCCCCCCCCO)CC1. The summed E-state index contributed by atoms with van der Waals surface area (Å²) in [5, 5.41) is 8.73. The first kappa shape index (κ1) is 24.6. The summed E-state index contributed by atoms with van der Waals surface area (Å²) in [6.45, 7) is 7.77. The van der Waals surface area contributed by atoms with Gasteiger partial charge in [-0.25, -0.2) is 0 Å². The molecule has 0 fully saturated rings. The maximum absolute atomic E-state index is 11.9. The molecular formula is C23H42O3S. The molecule has 0 spiro atoms. The molecule has 0 saturated heterocycles. The van der Waals surface area contributed by atoms with E-state index in [9.17, 15) is 4.79 Å². The highest BCUT2D eigenvalue weighted by Gasteiger charge is 2.30. The minimum atomic E-state index is -0.0401. The Balaban J connectivity index is 1.98. The molecule has 0 heterocycles. The minimum Gasteiger partial charge on any atom is -0.466 e. The normalized spacial score (nSPS) is 17.6. The number of rotatable bonds is 15. The third-order valence-electron chi connectivity index (χ3n) is 5.72. The standard InChI is InChI=1S/C23H42O3S/c1-20-12-14-21(15-13-20)23(2,3)27-19-16-22(25)26-18-11-9-7-5-4-6-8-10-17-24/h12,21,24H,4-11,13-19H2,1-3H3. The molecule has 1 N–H and O–H groups in total. The first-order chi connectivity index (χ1) is 13.0. The van der Waals surface area contributed by atoms with E-state index in [1.165, 1.54) is 50.5 Å². The number of hydrogen-bond donors (Lipinski definition) is 1. The van der Waals surface area contributed by atoms with Crippen LogP contribution in [-0.2, 0) is 9.53 Å². The van der Waals surface area contributed by atoms with Crippen LogP contribution in [0.15, 0.2) is 11.6 Å². The Morgan fingerprint density at radius 2 is 1.78 bits per heavy atom. The molecule has 0 aromatic heterocycles. The van der Waals surface area contributed by atoms with Crippen molar-refractivity contribution in [1.82, 2.24) is 0 Å². The highest BCUT2D eigenvalue weighted by atomic mass is 32.2. The van der Waals surface area contributed by atoms with Gasteiger partial charge in [-0.05, 0) is 44.9 Å². The van der Waals surface area contributed by atoms with Crippen molar-refractivity contribution in [3.63, 3.8) is 0 Å². The van der Waals surface area contributed by atoms with Crippen LogP contribution in [0, 0.1) is 5.92 Å². The number of ether oxygens (including phenoxy) is 1. The van der Waals surface area contributed by atoms with Crippen molar-refractivity contribution < 1.29 is 14.6 Å². The molecule has 0 aromatic rings. The van der Waals surface area contributed by atoms with Gasteiger partial charge in [-0.15, -0.1) is 0 Å². The Morgan fingerprint density at radius 3 is 2.37 bits per heavy atom. The quantitative estimate of drug-likeness (QED) is 0.200. The third-order valence-corrected chi connectivity index (χ3v) is 7.20. The minimum absolute atomic E-state index is 0.0401. The first-order valence-corrected chi connectivity index (χ1v) is 12.0. The topological polar surface area (TPSA) is 46.5 Å². The van der Waals surface area contributed by atoms with Crippen LogP contribution in [-0.4, -0.2) is 34.8 Å². The molecule has 0 amide bonds. The van der Waals surface area contributed by atoms with Gasteiger partial charge in [-0.3, -0.25) is 4.79 Å². The summed E-state index contributed by atoms with van der Waals surface area (Å²) in [5.74, 6) is 1.53. The van der Waals surface area contributed by atoms with Crippen LogP contribution in [0.3, 0.4) is 0 Å². The molecule has 1 atom stereocenters. The van der Waals surface area contributed by atoms with Gasteiger partial charge in [0.25, 0.3) is 0 Å². The first-order valence-electron chi connectivity index (χ1n) is 11.0. The predicted molar refractivity (Wildman–Crippen MR) is 117 cm³/mol. The zero-order valence-corrected chi connectivity index (χ0v) is 18.7. The Bertz CT molecular complexity index is 431. The number of carbonyl (C=O) groups is 1. The van der Waals surface area contributed by atoms with E-state index in [1.54, 1.807) is 0 Å². The second kappa shape index (κ2) is 14.5. The van der Waals surface area contributed by atoms with Crippen molar-refractivity contribution in [2.45, 2.75) is 103 Å². The zero-order chi connectivity index (χ0) is 20.0. The molecular weight excluding hydrogens is 356 g/mol. The number of hydrogen-bond acceptors (Lipinski definition) is 4. The van der Waals surface area contributed by atoms with Crippen molar-refractivity contribution >= 4 is 17.7 Å². The maximum atomic E-state index is 11.9. The van der Waals surface area contributed by atoms with Crippen LogP contribution >= 0.6 is 11.8 Å². The summed E-state index contributed by atoms with van der Waals surface area (Å²) in [4.78, 5) is 11.9. The fourth-order valence-electron chi connectivity index (χ4n) is 3.64. The van der Waals surface area contributed by atoms with Gasteiger partial charge in [0.2, 0.25) is 0 Å². The number of esters is 1. The third kappa shape index (κ3) is 11.8. The van der Waals surface area contributed by atoms with Gasteiger partial charge in [-0.2, -0.15) is 11.8 Å². The van der Waals surface area contributed by atoms with Crippen LogP contribution in [0.5, 0.6) is 0 Å². The van der Waals surface area contributed by atoms with E-state index >= 15 is 0 Å². The number of carbonyl (C=O) groups excluding carboxylic acids is 1. The van der Waals surface area contributed by atoms with Gasteiger partial charge < -0.3 is 9.84 Å². The molecule has 27 heavy (non-hydrogen) atoms. The number of allylic oxidation sites excluding steroid dienone is 2. The second-order valence-corrected chi connectivity index (χ2v) is 10.2. The highest BCUT2D eigenvalue weighted by Crippen LogP contribution is 2.40. The summed E-state index contributed by atoms with van der Waals surface area (Å²) in [7, 11) is 0. The Labute approximate surface area is 171 Å². The average molecular weight is 399 g/mol. The highest BCUT2D eigenvalue weighted by molar-refractivity contribution is 8.00.